The van der Waals surface area contributed by atoms with Crippen LogP contribution in [0.3, 0.4) is 0 Å². The molecule has 0 bridgehead atoms. The minimum absolute atomic E-state index is 0.0446. The van der Waals surface area contributed by atoms with Crippen molar-refractivity contribution >= 4 is 38.9 Å². The number of benzene rings is 1. The highest BCUT2D eigenvalue weighted by Gasteiger charge is 2.42. The van der Waals surface area contributed by atoms with Gasteiger partial charge in [-0.05, 0) is 29.1 Å². The third-order valence-electron chi connectivity index (χ3n) is 4.87. The van der Waals surface area contributed by atoms with E-state index in [4.69, 9.17) is 16.3 Å². The molecular weight excluding hydrogens is 434 g/mol. The Morgan fingerprint density at radius 3 is 2.72 bits per heavy atom. The molecule has 0 saturated heterocycles. The van der Waals surface area contributed by atoms with E-state index in [0.29, 0.717) is 17.3 Å². The van der Waals surface area contributed by atoms with Gasteiger partial charge in [-0.25, -0.2) is 13.4 Å². The topological polar surface area (TPSA) is 81.5 Å². The number of ether oxygens (including phenoxy) is 1. The summed E-state index contributed by atoms with van der Waals surface area (Å²) in [6.07, 6.45) is 1.84. The highest BCUT2D eigenvalue weighted by atomic mass is 35.5. The van der Waals surface area contributed by atoms with Gasteiger partial charge in [0.25, 0.3) is 10.0 Å². The Morgan fingerprint density at radius 2 is 2.07 bits per heavy atom. The number of sulfonamides is 1. The number of rotatable bonds is 5. The largest absolute Gasteiger partial charge is 0.468 e. The second-order valence-corrected chi connectivity index (χ2v) is 10.1. The summed E-state index contributed by atoms with van der Waals surface area (Å²) in [6.45, 7) is 0.568. The summed E-state index contributed by atoms with van der Waals surface area (Å²) in [5.74, 6) is -0.594. The normalized spacial score (nSPS) is 17.1. The number of aromatic nitrogens is 2. The second-order valence-electron chi connectivity index (χ2n) is 6.62. The molecule has 0 fully saturated rings. The van der Waals surface area contributed by atoms with Crippen LogP contribution in [0.4, 0.5) is 0 Å². The first-order valence-electron chi connectivity index (χ1n) is 8.80. The molecule has 4 rings (SSSR count). The molecule has 7 nitrogen and oxygen atoms in total. The SMILES string of the molecule is COC(=O)C1Cc2ncn(Cc3ccc(Cl)cc3)c2CN1S(=O)(=O)c1cccs1. The fraction of sp³-hybridized carbons (Fsp3) is 0.263. The van der Waals surface area contributed by atoms with E-state index in [9.17, 15) is 13.2 Å². The smallest absolute Gasteiger partial charge is 0.324 e. The zero-order valence-electron chi connectivity index (χ0n) is 15.5. The van der Waals surface area contributed by atoms with Gasteiger partial charge in [0.1, 0.15) is 10.3 Å². The minimum Gasteiger partial charge on any atom is -0.468 e. The molecule has 3 heterocycles. The number of fused-ring (bicyclic) bond motifs is 1. The van der Waals surface area contributed by atoms with Gasteiger partial charge in [-0.3, -0.25) is 4.79 Å². The van der Waals surface area contributed by atoms with E-state index >= 15 is 0 Å². The zero-order chi connectivity index (χ0) is 20.6. The maximum absolute atomic E-state index is 13.2. The second kappa shape index (κ2) is 7.91. The number of halogens is 1. The Kier molecular flexibility index (Phi) is 5.48. The van der Waals surface area contributed by atoms with Crippen LogP contribution < -0.4 is 0 Å². The van der Waals surface area contributed by atoms with E-state index in [2.05, 4.69) is 4.98 Å². The number of imidazole rings is 1. The molecule has 10 heteroatoms. The van der Waals surface area contributed by atoms with Gasteiger partial charge in [0, 0.05) is 18.0 Å². The monoisotopic (exact) mass is 451 g/mol. The van der Waals surface area contributed by atoms with E-state index in [0.717, 1.165) is 22.6 Å². The molecule has 1 aromatic carbocycles. The van der Waals surface area contributed by atoms with E-state index in [1.807, 2.05) is 16.7 Å². The summed E-state index contributed by atoms with van der Waals surface area (Å²) in [5.41, 5.74) is 2.48. The van der Waals surface area contributed by atoms with Crippen LogP contribution in [-0.4, -0.2) is 41.4 Å². The number of methoxy groups -OCH3 is 1. The summed E-state index contributed by atoms with van der Waals surface area (Å²) in [6, 6.07) is 9.70. The van der Waals surface area contributed by atoms with Crippen LogP contribution in [0.2, 0.25) is 5.02 Å². The van der Waals surface area contributed by atoms with Crippen molar-refractivity contribution in [2.75, 3.05) is 7.11 Å². The van der Waals surface area contributed by atoms with Gasteiger partial charge in [-0.1, -0.05) is 29.8 Å². The lowest BCUT2D eigenvalue weighted by Crippen LogP contribution is -2.49. The molecule has 1 aliphatic heterocycles. The highest BCUT2D eigenvalue weighted by molar-refractivity contribution is 7.91. The molecule has 0 aliphatic carbocycles. The lowest BCUT2D eigenvalue weighted by molar-refractivity contribution is -0.145. The Labute approximate surface area is 177 Å². The van der Waals surface area contributed by atoms with Crippen LogP contribution in [0.5, 0.6) is 0 Å². The van der Waals surface area contributed by atoms with Gasteiger partial charge in [0.15, 0.2) is 0 Å². The Balaban J connectivity index is 1.71. The van der Waals surface area contributed by atoms with Crippen molar-refractivity contribution in [1.29, 1.82) is 0 Å². The molecule has 0 N–H and O–H groups in total. The molecule has 1 aliphatic rings. The summed E-state index contributed by atoms with van der Waals surface area (Å²) >= 11 is 7.07. The van der Waals surface area contributed by atoms with Crippen LogP contribution in [0, 0.1) is 0 Å². The van der Waals surface area contributed by atoms with Crippen LogP contribution in [0.1, 0.15) is 17.0 Å². The van der Waals surface area contributed by atoms with E-state index < -0.39 is 22.0 Å². The van der Waals surface area contributed by atoms with Crippen molar-refractivity contribution in [3.05, 3.63) is 70.1 Å². The van der Waals surface area contributed by atoms with Crippen molar-refractivity contribution < 1.29 is 17.9 Å². The number of carbonyl (C=O) groups is 1. The molecule has 29 heavy (non-hydrogen) atoms. The maximum Gasteiger partial charge on any atom is 0.324 e. The average Bonchev–Trinajstić information content (AvgIpc) is 3.39. The van der Waals surface area contributed by atoms with Crippen molar-refractivity contribution in [3.8, 4) is 0 Å². The maximum atomic E-state index is 13.2. The number of nitrogens with zero attached hydrogens (tertiary/aromatic N) is 3. The first-order valence-corrected chi connectivity index (χ1v) is 11.5. The number of hydrogen-bond donors (Lipinski definition) is 0. The van der Waals surface area contributed by atoms with Crippen molar-refractivity contribution in [3.63, 3.8) is 0 Å². The van der Waals surface area contributed by atoms with Crippen LogP contribution >= 0.6 is 22.9 Å². The minimum atomic E-state index is -3.85. The van der Waals surface area contributed by atoms with E-state index in [1.54, 1.807) is 29.9 Å². The lowest BCUT2D eigenvalue weighted by Gasteiger charge is -2.32. The number of thiophene rings is 1. The lowest BCUT2D eigenvalue weighted by atomic mass is 10.1. The van der Waals surface area contributed by atoms with Gasteiger partial charge in [0.2, 0.25) is 0 Å². The van der Waals surface area contributed by atoms with Gasteiger partial charge >= 0.3 is 5.97 Å². The molecule has 1 atom stereocenters. The molecule has 152 valence electrons. The standard InChI is InChI=1S/C19H18ClN3O4S2/c1-27-19(24)16-9-15-17(11-23(16)29(25,26)18-3-2-8-28-18)22(12-21-15)10-13-4-6-14(20)7-5-13/h2-8,12,16H,9-11H2,1H3. The van der Waals surface area contributed by atoms with E-state index in [-0.39, 0.29) is 17.2 Å². The molecule has 1 unspecified atom stereocenters. The van der Waals surface area contributed by atoms with Crippen LogP contribution in [0.15, 0.2) is 52.3 Å². The molecular formula is C19H18ClN3O4S2. The summed E-state index contributed by atoms with van der Waals surface area (Å²) in [7, 11) is -2.59. The Bertz CT molecular complexity index is 1120. The first-order chi connectivity index (χ1) is 13.9. The number of esters is 1. The van der Waals surface area contributed by atoms with Gasteiger partial charge < -0.3 is 9.30 Å². The first kappa shape index (κ1) is 20.1. The third kappa shape index (κ3) is 3.83. The molecule has 0 radical (unpaired) electrons. The Hall–Kier alpha value is -2.20. The molecule has 3 aromatic rings. The Morgan fingerprint density at radius 1 is 1.31 bits per heavy atom. The van der Waals surface area contributed by atoms with Crippen LogP contribution in [0.25, 0.3) is 0 Å². The number of carbonyl (C=O) groups excluding carboxylic acids is 1. The van der Waals surface area contributed by atoms with Crippen molar-refractivity contribution in [2.24, 2.45) is 0 Å². The number of hydrogen-bond acceptors (Lipinski definition) is 6. The average molecular weight is 452 g/mol. The fourth-order valence-electron chi connectivity index (χ4n) is 3.38. The quantitative estimate of drug-likeness (QED) is 0.557. The van der Waals surface area contributed by atoms with E-state index in [1.165, 1.54) is 17.5 Å². The summed E-state index contributed by atoms with van der Waals surface area (Å²) in [5, 5.41) is 2.34. The van der Waals surface area contributed by atoms with Crippen molar-refractivity contribution in [1.82, 2.24) is 13.9 Å². The highest BCUT2D eigenvalue weighted by Crippen LogP contribution is 2.31. The summed E-state index contributed by atoms with van der Waals surface area (Å²) < 4.78 is 34.6. The van der Waals surface area contributed by atoms with Gasteiger partial charge in [-0.2, -0.15) is 4.31 Å². The molecule has 0 saturated carbocycles. The summed E-state index contributed by atoms with van der Waals surface area (Å²) in [4.78, 5) is 16.8. The van der Waals surface area contributed by atoms with Crippen molar-refractivity contribution in [2.45, 2.75) is 29.8 Å². The molecule has 2 aromatic heterocycles. The zero-order valence-corrected chi connectivity index (χ0v) is 17.9. The van der Waals surface area contributed by atoms with Gasteiger partial charge in [-0.15, -0.1) is 11.3 Å². The molecule has 0 amide bonds. The third-order valence-corrected chi connectivity index (χ3v) is 8.35. The van der Waals surface area contributed by atoms with Crippen LogP contribution in [-0.2, 0) is 39.1 Å². The predicted octanol–water partition coefficient (Wildman–Crippen LogP) is 2.93. The van der Waals surface area contributed by atoms with Gasteiger partial charge in [0.05, 0.1) is 31.4 Å². The predicted molar refractivity (Wildman–Crippen MR) is 109 cm³/mol. The fourth-order valence-corrected chi connectivity index (χ4v) is 6.17. The molecule has 0 spiro atoms.